The third-order valence-corrected chi connectivity index (χ3v) is 3.93. The Morgan fingerprint density at radius 1 is 1.53 bits per heavy atom. The highest BCUT2D eigenvalue weighted by Gasteiger charge is 2.19. The summed E-state index contributed by atoms with van der Waals surface area (Å²) in [5.74, 6) is -0.457. The van der Waals surface area contributed by atoms with Crippen LogP contribution in [-0.4, -0.2) is 23.7 Å². The van der Waals surface area contributed by atoms with Gasteiger partial charge in [0.05, 0.1) is 7.11 Å². The van der Waals surface area contributed by atoms with E-state index in [0.717, 1.165) is 15.6 Å². The van der Waals surface area contributed by atoms with Crippen molar-refractivity contribution in [1.82, 2.24) is 0 Å². The van der Waals surface area contributed by atoms with Crippen molar-refractivity contribution in [2.75, 3.05) is 7.11 Å². The first kappa shape index (κ1) is 12.0. The molecule has 0 aliphatic carbocycles. The largest absolute Gasteiger partial charge is 0.590 e. The van der Waals surface area contributed by atoms with E-state index in [1.54, 1.807) is 5.38 Å². The summed E-state index contributed by atoms with van der Waals surface area (Å²) in [6, 6.07) is 6.70. The molecule has 1 aromatic carbocycles. The SMILES string of the molecule is COC(=O)C(N)Cc1c[s+]([O-])c2ccccc12. The molecule has 2 atom stereocenters. The van der Waals surface area contributed by atoms with Crippen molar-refractivity contribution in [3.8, 4) is 0 Å². The zero-order valence-electron chi connectivity index (χ0n) is 9.38. The second-order valence-corrected chi connectivity index (χ2v) is 5.04. The number of fused-ring (bicyclic) bond motifs is 1. The third-order valence-electron chi connectivity index (χ3n) is 2.64. The average molecular weight is 251 g/mol. The van der Waals surface area contributed by atoms with E-state index in [0.29, 0.717) is 6.42 Å². The minimum atomic E-state index is -1.13. The van der Waals surface area contributed by atoms with Crippen LogP contribution in [0, 0.1) is 0 Å². The normalized spacial score (nSPS) is 13.7. The van der Waals surface area contributed by atoms with E-state index >= 15 is 0 Å². The van der Waals surface area contributed by atoms with Gasteiger partial charge in [-0.15, -0.1) is 0 Å². The van der Waals surface area contributed by atoms with Crippen LogP contribution in [0.4, 0.5) is 0 Å². The lowest BCUT2D eigenvalue weighted by molar-refractivity contribution is -0.142. The first-order chi connectivity index (χ1) is 8.13. The molecular formula is C12H13NO3S. The molecule has 0 fully saturated rings. The number of hydrogen-bond donors (Lipinski definition) is 1. The lowest BCUT2D eigenvalue weighted by atomic mass is 10.1. The summed E-state index contributed by atoms with van der Waals surface area (Å²) in [5.41, 5.74) is 6.54. The molecule has 1 aromatic heterocycles. The monoisotopic (exact) mass is 251 g/mol. The molecule has 0 bridgehead atoms. The van der Waals surface area contributed by atoms with Crippen LogP contribution in [0.25, 0.3) is 10.1 Å². The van der Waals surface area contributed by atoms with Crippen molar-refractivity contribution < 1.29 is 14.1 Å². The van der Waals surface area contributed by atoms with Crippen LogP contribution in [0.3, 0.4) is 0 Å². The molecule has 0 aliphatic rings. The molecule has 90 valence electrons. The summed E-state index contributed by atoms with van der Waals surface area (Å²) >= 11 is 0. The third kappa shape index (κ3) is 2.31. The molecule has 0 saturated heterocycles. The highest BCUT2D eigenvalue weighted by Crippen LogP contribution is 2.32. The predicted octanol–water partition coefficient (Wildman–Crippen LogP) is 1.61. The molecule has 2 N–H and O–H groups in total. The van der Waals surface area contributed by atoms with Gasteiger partial charge in [0, 0.05) is 17.4 Å². The number of carbonyl (C=O) groups excluding carboxylic acids is 1. The summed E-state index contributed by atoms with van der Waals surface area (Å²) in [4.78, 5) is 11.2. The molecule has 2 aromatic rings. The molecule has 0 amide bonds. The van der Waals surface area contributed by atoms with Crippen LogP contribution < -0.4 is 5.73 Å². The van der Waals surface area contributed by atoms with E-state index in [2.05, 4.69) is 4.74 Å². The van der Waals surface area contributed by atoms with Crippen molar-refractivity contribution in [1.29, 1.82) is 0 Å². The quantitative estimate of drug-likeness (QED) is 0.664. The summed E-state index contributed by atoms with van der Waals surface area (Å²) in [6.07, 6.45) is 0.343. The minimum Gasteiger partial charge on any atom is -0.590 e. The molecule has 0 radical (unpaired) electrons. The Hall–Kier alpha value is -1.43. The van der Waals surface area contributed by atoms with Crippen molar-refractivity contribution in [3.63, 3.8) is 0 Å². The Labute approximate surface area is 102 Å². The molecule has 2 unspecified atom stereocenters. The topological polar surface area (TPSA) is 75.4 Å². The molecule has 0 saturated carbocycles. The Morgan fingerprint density at radius 3 is 2.94 bits per heavy atom. The minimum absolute atomic E-state index is 0.343. The molecule has 0 spiro atoms. The van der Waals surface area contributed by atoms with E-state index in [1.165, 1.54) is 7.11 Å². The zero-order chi connectivity index (χ0) is 12.4. The first-order valence-corrected chi connectivity index (χ1v) is 6.39. The van der Waals surface area contributed by atoms with Crippen LogP contribution in [0.15, 0.2) is 29.6 Å². The van der Waals surface area contributed by atoms with Gasteiger partial charge in [-0.1, -0.05) is 12.1 Å². The van der Waals surface area contributed by atoms with E-state index in [1.807, 2.05) is 24.3 Å². The maximum atomic E-state index is 11.8. The van der Waals surface area contributed by atoms with Gasteiger partial charge in [0.25, 0.3) is 0 Å². The van der Waals surface area contributed by atoms with Crippen molar-refractivity contribution >= 4 is 26.8 Å². The zero-order valence-corrected chi connectivity index (χ0v) is 10.2. The van der Waals surface area contributed by atoms with Crippen molar-refractivity contribution in [2.45, 2.75) is 12.5 Å². The highest BCUT2D eigenvalue weighted by atomic mass is 32.2. The second kappa shape index (κ2) is 4.83. The Balaban J connectivity index is 2.33. The van der Waals surface area contributed by atoms with E-state index in [4.69, 9.17) is 5.73 Å². The Bertz CT molecular complexity index is 550. The summed E-state index contributed by atoms with van der Waals surface area (Å²) < 4.78 is 17.1. The van der Waals surface area contributed by atoms with Gasteiger partial charge in [0.15, 0.2) is 4.70 Å². The van der Waals surface area contributed by atoms with Crippen molar-refractivity contribution in [3.05, 3.63) is 35.2 Å². The van der Waals surface area contributed by atoms with E-state index < -0.39 is 22.8 Å². The number of nitrogens with two attached hydrogens (primary N) is 1. The number of esters is 1. The van der Waals surface area contributed by atoms with E-state index in [-0.39, 0.29) is 0 Å². The molecule has 1 heterocycles. The number of hydrogen-bond acceptors (Lipinski definition) is 4. The average Bonchev–Trinajstić information content (AvgIpc) is 2.66. The first-order valence-electron chi connectivity index (χ1n) is 5.17. The maximum absolute atomic E-state index is 11.8. The molecule has 2 rings (SSSR count). The predicted molar refractivity (Wildman–Crippen MR) is 66.3 cm³/mol. The molecule has 0 aliphatic heterocycles. The van der Waals surface area contributed by atoms with Gasteiger partial charge in [-0.2, -0.15) is 0 Å². The van der Waals surface area contributed by atoms with Crippen molar-refractivity contribution in [2.24, 2.45) is 5.73 Å². The summed E-state index contributed by atoms with van der Waals surface area (Å²) in [5, 5.41) is 2.55. The van der Waals surface area contributed by atoms with Crippen LogP contribution in [0.2, 0.25) is 0 Å². The van der Waals surface area contributed by atoms with Crippen LogP contribution >= 0.6 is 10.8 Å². The van der Waals surface area contributed by atoms with Crippen LogP contribution in [0.5, 0.6) is 0 Å². The Kier molecular flexibility index (Phi) is 3.42. The fourth-order valence-corrected chi connectivity index (χ4v) is 3.03. The molecular weight excluding hydrogens is 238 g/mol. The van der Waals surface area contributed by atoms with Gasteiger partial charge in [0.2, 0.25) is 0 Å². The van der Waals surface area contributed by atoms with Gasteiger partial charge in [0.1, 0.15) is 11.4 Å². The van der Waals surface area contributed by atoms with Gasteiger partial charge >= 0.3 is 5.97 Å². The van der Waals surface area contributed by atoms with Gasteiger partial charge in [-0.25, -0.2) is 0 Å². The number of rotatable bonds is 3. The smallest absolute Gasteiger partial charge is 0.322 e. The molecule has 5 heteroatoms. The lowest BCUT2D eigenvalue weighted by Gasteiger charge is -2.06. The number of ether oxygens (including phenoxy) is 1. The lowest BCUT2D eigenvalue weighted by Crippen LogP contribution is -2.33. The molecule has 4 nitrogen and oxygen atoms in total. The summed E-state index contributed by atoms with van der Waals surface area (Å²) in [7, 11) is 0.174. The summed E-state index contributed by atoms with van der Waals surface area (Å²) in [6.45, 7) is 0. The molecule has 17 heavy (non-hydrogen) atoms. The van der Waals surface area contributed by atoms with Crippen LogP contribution in [-0.2, 0) is 16.0 Å². The standard InChI is InChI=1S/C12H13NO3S/c1-16-12(14)10(13)6-8-7-17(15)11-5-3-2-4-9(8)11/h2-5,7,10H,6,13H2,1H3. The highest BCUT2D eigenvalue weighted by molar-refractivity contribution is 7.30. The number of benzene rings is 1. The fraction of sp³-hybridized carbons (Fsp3) is 0.250. The van der Waals surface area contributed by atoms with Gasteiger partial charge in [-0.3, -0.25) is 4.79 Å². The number of methoxy groups -OCH3 is 1. The van der Waals surface area contributed by atoms with Gasteiger partial charge < -0.3 is 15.0 Å². The van der Waals surface area contributed by atoms with Crippen LogP contribution in [0.1, 0.15) is 5.56 Å². The Morgan fingerprint density at radius 2 is 2.24 bits per heavy atom. The van der Waals surface area contributed by atoms with E-state index in [9.17, 15) is 9.35 Å². The fourth-order valence-electron chi connectivity index (χ4n) is 1.79. The maximum Gasteiger partial charge on any atom is 0.322 e. The second-order valence-electron chi connectivity index (χ2n) is 3.77. The number of thiophene rings is 1. The van der Waals surface area contributed by atoms with Gasteiger partial charge in [-0.05, 0) is 22.9 Å². The number of carbonyl (C=O) groups is 1.